The summed E-state index contributed by atoms with van der Waals surface area (Å²) in [6.07, 6.45) is 1.85. The van der Waals surface area contributed by atoms with Crippen LogP contribution in [0.4, 0.5) is 0 Å². The maximum Gasteiger partial charge on any atom is 0.326 e. The van der Waals surface area contributed by atoms with Crippen LogP contribution in [-0.4, -0.2) is 52.1 Å². The highest BCUT2D eigenvalue weighted by molar-refractivity contribution is 7.98. The number of thioether (sulfide) groups is 1. The van der Waals surface area contributed by atoms with Gasteiger partial charge in [0.1, 0.15) is 0 Å². The number of carbonyl (C=O) groups is 2. The normalized spacial score (nSPS) is 12.9. The molecule has 0 N–H and O–H groups in total. The van der Waals surface area contributed by atoms with Crippen LogP contribution < -0.4 is 0 Å². The fourth-order valence-corrected chi connectivity index (χ4v) is 3.52. The van der Waals surface area contributed by atoms with Gasteiger partial charge >= 0.3 is 11.9 Å². The Morgan fingerprint density at radius 1 is 1.00 bits per heavy atom. The van der Waals surface area contributed by atoms with E-state index >= 15 is 0 Å². The molecule has 0 aliphatic rings. The lowest BCUT2D eigenvalue weighted by atomic mass is 9.92. The van der Waals surface area contributed by atoms with Crippen molar-refractivity contribution >= 4 is 32.0 Å². The van der Waals surface area contributed by atoms with Crippen LogP contribution in [0.15, 0.2) is 0 Å². The first kappa shape index (κ1) is 22.5. The molecule has 0 atom stereocenters. The maximum atomic E-state index is 12.5. The van der Waals surface area contributed by atoms with Gasteiger partial charge in [-0.15, -0.1) is 0 Å². The first-order valence-electron chi connectivity index (χ1n) is 7.95. The molecule has 5 nitrogen and oxygen atoms in total. The average Bonchev–Trinajstić information content (AvgIpc) is 2.42. The van der Waals surface area contributed by atoms with E-state index in [1.54, 1.807) is 13.8 Å². The van der Waals surface area contributed by atoms with Gasteiger partial charge in [0.2, 0.25) is 0 Å². The Bertz CT molecular complexity index is 386. The highest BCUT2D eigenvalue weighted by Crippen LogP contribution is 2.38. The third-order valence-electron chi connectivity index (χ3n) is 4.21. The van der Waals surface area contributed by atoms with Crippen molar-refractivity contribution in [3.8, 4) is 0 Å². The molecule has 0 radical (unpaired) electrons. The third kappa shape index (κ3) is 5.80. The number of hydrogen-bond acceptors (Lipinski definition) is 6. The zero-order valence-electron chi connectivity index (χ0n) is 15.8. The van der Waals surface area contributed by atoms with Gasteiger partial charge in [-0.3, -0.25) is 9.59 Å². The summed E-state index contributed by atoms with van der Waals surface area (Å²) in [4.78, 5) is 25.1. The molecule has 0 bridgehead atoms. The van der Waals surface area contributed by atoms with Crippen molar-refractivity contribution in [2.24, 2.45) is 5.41 Å². The Morgan fingerprint density at radius 2 is 1.43 bits per heavy atom. The van der Waals surface area contributed by atoms with Crippen LogP contribution in [0.2, 0.25) is 18.1 Å². The minimum atomic E-state index is -2.11. The Balaban J connectivity index is 5.55. The molecule has 0 fully saturated rings. The highest BCUT2D eigenvalue weighted by atomic mass is 32.2. The summed E-state index contributed by atoms with van der Waals surface area (Å²) in [5, 5.41) is -0.0125. The van der Waals surface area contributed by atoms with E-state index < -0.39 is 25.7 Å². The maximum absolute atomic E-state index is 12.5. The van der Waals surface area contributed by atoms with Gasteiger partial charge in [-0.2, -0.15) is 11.8 Å². The summed E-state index contributed by atoms with van der Waals surface area (Å²) in [7, 11) is -2.11. The van der Waals surface area contributed by atoms with Gasteiger partial charge in [0.15, 0.2) is 13.7 Å². The summed E-state index contributed by atoms with van der Waals surface area (Å²) in [5.41, 5.74) is -1.40. The van der Waals surface area contributed by atoms with E-state index in [1.807, 2.05) is 6.26 Å². The largest absolute Gasteiger partial charge is 0.465 e. The molecule has 0 aliphatic carbocycles. The first-order valence-corrected chi connectivity index (χ1v) is 12.3. The van der Waals surface area contributed by atoms with Crippen molar-refractivity contribution < 1.29 is 23.5 Å². The summed E-state index contributed by atoms with van der Waals surface area (Å²) >= 11 is 1.41. The fourth-order valence-electron chi connectivity index (χ4n) is 1.67. The van der Waals surface area contributed by atoms with E-state index in [0.29, 0.717) is 0 Å². The van der Waals surface area contributed by atoms with Crippen LogP contribution in [0, 0.1) is 5.41 Å². The number of ether oxygens (including phenoxy) is 2. The van der Waals surface area contributed by atoms with Crippen molar-refractivity contribution in [2.75, 3.05) is 31.8 Å². The molecule has 136 valence electrons. The molecule has 0 spiro atoms. The van der Waals surface area contributed by atoms with Crippen LogP contribution in [0.1, 0.15) is 34.6 Å². The molecule has 0 heterocycles. The number of rotatable bonds is 9. The Labute approximate surface area is 146 Å². The zero-order chi connectivity index (χ0) is 18.3. The van der Waals surface area contributed by atoms with E-state index in [4.69, 9.17) is 13.9 Å². The van der Waals surface area contributed by atoms with Crippen molar-refractivity contribution in [3.63, 3.8) is 0 Å². The zero-order valence-corrected chi connectivity index (χ0v) is 17.6. The van der Waals surface area contributed by atoms with E-state index in [0.717, 1.165) is 0 Å². The Kier molecular flexibility index (Phi) is 8.87. The van der Waals surface area contributed by atoms with Gasteiger partial charge in [0.05, 0.1) is 19.8 Å². The van der Waals surface area contributed by atoms with Crippen molar-refractivity contribution in [3.05, 3.63) is 0 Å². The average molecular weight is 365 g/mol. The molecule has 0 amide bonds. The van der Waals surface area contributed by atoms with E-state index in [2.05, 4.69) is 33.9 Å². The van der Waals surface area contributed by atoms with Gasteiger partial charge in [0.25, 0.3) is 0 Å². The van der Waals surface area contributed by atoms with Crippen molar-refractivity contribution in [2.45, 2.75) is 52.8 Å². The van der Waals surface area contributed by atoms with Gasteiger partial charge in [0, 0.05) is 5.75 Å². The predicted molar refractivity (Wildman–Crippen MR) is 97.2 cm³/mol. The SMILES string of the molecule is CCOC(=O)C(CO[Si](C)(C)C(C)(C)C)(CSC)C(=O)OCC. The molecule has 23 heavy (non-hydrogen) atoms. The summed E-state index contributed by atoms with van der Waals surface area (Å²) in [6, 6.07) is 0. The molecule has 0 saturated heterocycles. The molecular weight excluding hydrogens is 332 g/mol. The Morgan fingerprint density at radius 3 is 1.74 bits per heavy atom. The molecule has 0 aromatic heterocycles. The van der Waals surface area contributed by atoms with Gasteiger partial charge < -0.3 is 13.9 Å². The Hall–Kier alpha value is -0.533. The van der Waals surface area contributed by atoms with Crippen molar-refractivity contribution in [1.82, 2.24) is 0 Å². The quantitative estimate of drug-likeness (QED) is 0.354. The monoisotopic (exact) mass is 364 g/mol. The summed E-state index contributed by atoms with van der Waals surface area (Å²) in [5.74, 6) is -0.850. The van der Waals surface area contributed by atoms with Crippen LogP contribution >= 0.6 is 11.8 Å². The molecule has 0 saturated carbocycles. The second-order valence-electron chi connectivity index (χ2n) is 7.01. The van der Waals surface area contributed by atoms with E-state index in [-0.39, 0.29) is 30.6 Å². The second kappa shape index (κ2) is 9.08. The second-order valence-corrected chi connectivity index (χ2v) is 12.7. The van der Waals surface area contributed by atoms with Crippen LogP contribution in [0.3, 0.4) is 0 Å². The highest BCUT2D eigenvalue weighted by Gasteiger charge is 2.51. The number of hydrogen-bond donors (Lipinski definition) is 0. The van der Waals surface area contributed by atoms with Gasteiger partial charge in [-0.1, -0.05) is 20.8 Å². The number of esters is 2. The van der Waals surface area contributed by atoms with Gasteiger partial charge in [-0.05, 0) is 38.2 Å². The fraction of sp³-hybridized carbons (Fsp3) is 0.875. The summed E-state index contributed by atoms with van der Waals surface area (Å²) < 4.78 is 16.5. The molecule has 0 aromatic carbocycles. The smallest absolute Gasteiger partial charge is 0.326 e. The number of carbonyl (C=O) groups excluding carboxylic acids is 2. The van der Waals surface area contributed by atoms with Crippen LogP contribution in [-0.2, 0) is 23.5 Å². The standard InChI is InChI=1S/C16H32O5SSi/c1-9-19-13(17)16(12-22-6,14(18)20-10-2)11-21-23(7,8)15(3,4)5/h9-12H2,1-8H3. The molecule has 0 aliphatic heterocycles. The molecule has 0 unspecified atom stereocenters. The molecule has 0 aromatic rings. The topological polar surface area (TPSA) is 61.8 Å². The first-order chi connectivity index (χ1) is 10.5. The minimum absolute atomic E-state index is 0.00198. The third-order valence-corrected chi connectivity index (χ3v) is 9.47. The lowest BCUT2D eigenvalue weighted by Gasteiger charge is -2.39. The summed E-state index contributed by atoms with van der Waals surface area (Å²) in [6.45, 7) is 14.4. The minimum Gasteiger partial charge on any atom is -0.465 e. The molecular formula is C16H32O5SSi. The lowest BCUT2D eigenvalue weighted by Crippen LogP contribution is -2.52. The van der Waals surface area contributed by atoms with E-state index in [9.17, 15) is 9.59 Å². The van der Waals surface area contributed by atoms with Crippen LogP contribution in [0.25, 0.3) is 0 Å². The van der Waals surface area contributed by atoms with Gasteiger partial charge in [-0.25, -0.2) is 0 Å². The van der Waals surface area contributed by atoms with Crippen molar-refractivity contribution in [1.29, 1.82) is 0 Å². The molecule has 7 heteroatoms. The van der Waals surface area contributed by atoms with E-state index in [1.165, 1.54) is 11.8 Å². The molecule has 0 rings (SSSR count). The lowest BCUT2D eigenvalue weighted by molar-refractivity contribution is -0.172. The van der Waals surface area contributed by atoms with Crippen LogP contribution in [0.5, 0.6) is 0 Å². The predicted octanol–water partition coefficient (Wildman–Crippen LogP) is 3.48.